The van der Waals surface area contributed by atoms with Gasteiger partial charge >= 0.3 is 0 Å². The van der Waals surface area contributed by atoms with E-state index in [-0.39, 0.29) is 18.0 Å². The lowest BCUT2D eigenvalue weighted by Gasteiger charge is -2.38. The molecule has 0 aromatic heterocycles. The number of fused-ring (bicyclic) bond motifs is 1. The van der Waals surface area contributed by atoms with Gasteiger partial charge in [0.05, 0.1) is 25.9 Å². The average molecular weight is 413 g/mol. The molecule has 6 nitrogen and oxygen atoms in total. The van der Waals surface area contributed by atoms with Crippen LogP contribution < -0.4 is 14.8 Å². The summed E-state index contributed by atoms with van der Waals surface area (Å²) < 4.78 is 31.1. The van der Waals surface area contributed by atoms with Gasteiger partial charge in [-0.25, -0.2) is 4.39 Å². The van der Waals surface area contributed by atoms with Gasteiger partial charge in [0.2, 0.25) is 0 Å². The number of guanidine groups is 1. The summed E-state index contributed by atoms with van der Waals surface area (Å²) in [6, 6.07) is 12.5. The van der Waals surface area contributed by atoms with Crippen molar-refractivity contribution in [1.82, 2.24) is 10.2 Å². The van der Waals surface area contributed by atoms with Crippen LogP contribution in [0.1, 0.15) is 30.6 Å². The minimum Gasteiger partial charge on any atom is -0.490 e. The molecule has 2 aliphatic rings. The van der Waals surface area contributed by atoms with Crippen molar-refractivity contribution < 1.29 is 18.6 Å². The van der Waals surface area contributed by atoms with E-state index in [1.807, 2.05) is 25.1 Å². The number of ether oxygens (including phenoxy) is 3. The Morgan fingerprint density at radius 3 is 2.73 bits per heavy atom. The number of nitrogens with one attached hydrogen (secondary N) is 1. The summed E-state index contributed by atoms with van der Waals surface area (Å²) in [6.45, 7) is 5.30. The minimum absolute atomic E-state index is 0.0251. The molecule has 30 heavy (non-hydrogen) atoms. The van der Waals surface area contributed by atoms with Crippen molar-refractivity contribution in [1.29, 1.82) is 0 Å². The quantitative estimate of drug-likeness (QED) is 0.616. The normalized spacial score (nSPS) is 21.8. The third-order valence-corrected chi connectivity index (χ3v) is 5.30. The van der Waals surface area contributed by atoms with Gasteiger partial charge in [0, 0.05) is 32.1 Å². The third-order valence-electron chi connectivity index (χ3n) is 5.30. The number of rotatable bonds is 3. The highest BCUT2D eigenvalue weighted by Crippen LogP contribution is 2.33. The first kappa shape index (κ1) is 20.5. The predicted octanol–water partition coefficient (Wildman–Crippen LogP) is 3.52. The van der Waals surface area contributed by atoms with Crippen LogP contribution in [-0.2, 0) is 11.3 Å². The molecule has 0 bridgehead atoms. The van der Waals surface area contributed by atoms with Crippen LogP contribution in [0, 0.1) is 5.82 Å². The van der Waals surface area contributed by atoms with Crippen LogP contribution in [0.4, 0.5) is 4.39 Å². The summed E-state index contributed by atoms with van der Waals surface area (Å²) in [5.41, 5.74) is 1.99. The van der Waals surface area contributed by atoms with Crippen LogP contribution in [0.2, 0.25) is 0 Å². The first-order valence-electron chi connectivity index (χ1n) is 10.4. The molecule has 1 saturated heterocycles. The molecule has 1 N–H and O–H groups in total. The summed E-state index contributed by atoms with van der Waals surface area (Å²) in [6.07, 6.45) is 0.759. The number of halogens is 1. The highest BCUT2D eigenvalue weighted by Gasteiger charge is 2.28. The van der Waals surface area contributed by atoms with E-state index in [0.29, 0.717) is 26.3 Å². The Bertz CT molecular complexity index is 888. The van der Waals surface area contributed by atoms with Crippen molar-refractivity contribution in [2.75, 3.05) is 33.4 Å². The van der Waals surface area contributed by atoms with E-state index < -0.39 is 0 Å². The monoisotopic (exact) mass is 413 g/mol. The molecule has 2 unspecified atom stereocenters. The highest BCUT2D eigenvalue weighted by molar-refractivity contribution is 5.80. The molecule has 0 amide bonds. The van der Waals surface area contributed by atoms with Gasteiger partial charge in [-0.15, -0.1) is 0 Å². The second-order valence-corrected chi connectivity index (χ2v) is 7.59. The summed E-state index contributed by atoms with van der Waals surface area (Å²) in [4.78, 5) is 6.66. The highest BCUT2D eigenvalue weighted by atomic mass is 19.1. The zero-order valence-electron chi connectivity index (χ0n) is 17.4. The molecule has 0 spiro atoms. The molecule has 2 aliphatic heterocycles. The number of aliphatic imine (C=N–C) groups is 1. The predicted molar refractivity (Wildman–Crippen MR) is 114 cm³/mol. The molecule has 7 heteroatoms. The fourth-order valence-corrected chi connectivity index (χ4v) is 3.89. The Labute approximate surface area is 176 Å². The second-order valence-electron chi connectivity index (χ2n) is 7.59. The average Bonchev–Trinajstić information content (AvgIpc) is 3.00. The fourth-order valence-electron chi connectivity index (χ4n) is 3.89. The molecule has 0 radical (unpaired) electrons. The van der Waals surface area contributed by atoms with Crippen LogP contribution in [0.15, 0.2) is 47.5 Å². The molecular weight excluding hydrogens is 385 g/mol. The standard InChI is InChI=1S/C23H28FN3O3/c1-16-14-27(15-21(30-16)17-7-9-19(24)10-8-17)23(25-2)26-13-18-5-3-6-20-22(18)29-12-4-11-28-20/h3,5-10,16,21H,4,11-15H2,1-2H3,(H,25,26). The summed E-state index contributed by atoms with van der Waals surface area (Å²) in [5.74, 6) is 2.14. The topological polar surface area (TPSA) is 55.3 Å². The summed E-state index contributed by atoms with van der Waals surface area (Å²) in [7, 11) is 1.78. The minimum atomic E-state index is -0.245. The van der Waals surface area contributed by atoms with Crippen molar-refractivity contribution in [3.63, 3.8) is 0 Å². The van der Waals surface area contributed by atoms with Gasteiger partial charge in [-0.1, -0.05) is 24.3 Å². The van der Waals surface area contributed by atoms with E-state index in [1.54, 1.807) is 19.2 Å². The smallest absolute Gasteiger partial charge is 0.194 e. The number of hydrogen-bond donors (Lipinski definition) is 1. The first-order valence-corrected chi connectivity index (χ1v) is 10.4. The van der Waals surface area contributed by atoms with Gasteiger partial charge < -0.3 is 24.4 Å². The van der Waals surface area contributed by atoms with Crippen molar-refractivity contribution in [2.24, 2.45) is 4.99 Å². The summed E-state index contributed by atoms with van der Waals surface area (Å²) >= 11 is 0. The maximum Gasteiger partial charge on any atom is 0.194 e. The van der Waals surface area contributed by atoms with Crippen molar-refractivity contribution in [3.05, 3.63) is 59.4 Å². The molecule has 0 saturated carbocycles. The first-order chi connectivity index (χ1) is 14.6. The lowest BCUT2D eigenvalue weighted by molar-refractivity contribution is -0.0605. The molecule has 2 heterocycles. The number of benzene rings is 2. The Morgan fingerprint density at radius 2 is 1.93 bits per heavy atom. The molecule has 2 aromatic rings. The fraction of sp³-hybridized carbons (Fsp3) is 0.435. The third kappa shape index (κ3) is 4.67. The van der Waals surface area contributed by atoms with Crippen LogP contribution in [-0.4, -0.2) is 50.3 Å². The molecule has 160 valence electrons. The Kier molecular flexibility index (Phi) is 6.38. The maximum atomic E-state index is 13.3. The zero-order chi connectivity index (χ0) is 20.9. The number of para-hydroxylation sites is 1. The molecule has 1 fully saturated rings. The molecule has 4 rings (SSSR count). The van der Waals surface area contributed by atoms with E-state index in [9.17, 15) is 4.39 Å². The van der Waals surface area contributed by atoms with Gasteiger partial charge in [-0.05, 0) is 30.7 Å². The Balaban J connectivity index is 1.46. The van der Waals surface area contributed by atoms with Crippen molar-refractivity contribution in [3.8, 4) is 11.5 Å². The molecule has 2 atom stereocenters. The molecule has 2 aromatic carbocycles. The van der Waals surface area contributed by atoms with Crippen LogP contribution in [0.25, 0.3) is 0 Å². The van der Waals surface area contributed by atoms with E-state index in [0.717, 1.165) is 41.6 Å². The van der Waals surface area contributed by atoms with Crippen LogP contribution in [0.3, 0.4) is 0 Å². The van der Waals surface area contributed by atoms with E-state index in [1.165, 1.54) is 12.1 Å². The Hall–Kier alpha value is -2.80. The number of hydrogen-bond acceptors (Lipinski definition) is 4. The molecular formula is C23H28FN3O3. The van der Waals surface area contributed by atoms with Crippen molar-refractivity contribution in [2.45, 2.75) is 32.1 Å². The lowest BCUT2D eigenvalue weighted by atomic mass is 10.1. The zero-order valence-corrected chi connectivity index (χ0v) is 17.4. The number of morpholine rings is 1. The van der Waals surface area contributed by atoms with Gasteiger partial charge in [0.25, 0.3) is 0 Å². The van der Waals surface area contributed by atoms with Crippen LogP contribution in [0.5, 0.6) is 11.5 Å². The van der Waals surface area contributed by atoms with Crippen LogP contribution >= 0.6 is 0 Å². The summed E-state index contributed by atoms with van der Waals surface area (Å²) in [5, 5.41) is 3.45. The van der Waals surface area contributed by atoms with E-state index in [2.05, 4.69) is 15.2 Å². The van der Waals surface area contributed by atoms with Gasteiger partial charge in [0.15, 0.2) is 17.5 Å². The Morgan fingerprint density at radius 1 is 1.13 bits per heavy atom. The van der Waals surface area contributed by atoms with Gasteiger partial charge in [-0.3, -0.25) is 4.99 Å². The molecule has 0 aliphatic carbocycles. The van der Waals surface area contributed by atoms with Gasteiger partial charge in [-0.2, -0.15) is 0 Å². The van der Waals surface area contributed by atoms with E-state index in [4.69, 9.17) is 14.2 Å². The second kappa shape index (κ2) is 9.34. The largest absolute Gasteiger partial charge is 0.490 e. The van der Waals surface area contributed by atoms with E-state index >= 15 is 0 Å². The van der Waals surface area contributed by atoms with Crippen molar-refractivity contribution >= 4 is 5.96 Å². The maximum absolute atomic E-state index is 13.3. The SMILES string of the molecule is CN=C(NCc1cccc2c1OCCCO2)N1CC(C)OC(c2ccc(F)cc2)C1. The number of nitrogens with zero attached hydrogens (tertiary/aromatic N) is 2. The van der Waals surface area contributed by atoms with Gasteiger partial charge in [0.1, 0.15) is 11.9 Å². The lowest BCUT2D eigenvalue weighted by Crippen LogP contribution is -2.50.